The van der Waals surface area contributed by atoms with Crippen molar-refractivity contribution in [3.8, 4) is 5.75 Å². The number of fused-ring (bicyclic) bond motifs is 1. The molecule has 0 fully saturated rings. The van der Waals surface area contributed by atoms with Crippen LogP contribution in [0.3, 0.4) is 0 Å². The van der Waals surface area contributed by atoms with Gasteiger partial charge in [-0.15, -0.1) is 0 Å². The van der Waals surface area contributed by atoms with E-state index in [0.717, 1.165) is 6.42 Å². The Morgan fingerprint density at radius 3 is 2.38 bits per heavy atom. The lowest BCUT2D eigenvalue weighted by atomic mass is 10.00. The number of nitrogens with zero attached hydrogens (tertiary/aromatic N) is 1. The van der Waals surface area contributed by atoms with Gasteiger partial charge in [0, 0.05) is 18.8 Å². The predicted octanol–water partition coefficient (Wildman–Crippen LogP) is 3.90. The summed E-state index contributed by atoms with van der Waals surface area (Å²) in [6.45, 7) is 1.17. The Morgan fingerprint density at radius 2 is 1.55 bits per heavy atom. The summed E-state index contributed by atoms with van der Waals surface area (Å²) in [5.74, 6) is 0.0376. The van der Waals surface area contributed by atoms with Crippen LogP contribution in [-0.4, -0.2) is 29.9 Å². The number of hydrogen-bond donors (Lipinski definition) is 1. The number of hydrogen-bond acceptors (Lipinski definition) is 3. The Hall–Kier alpha value is -3.60. The van der Waals surface area contributed by atoms with Gasteiger partial charge in [0.05, 0.1) is 5.56 Å². The minimum atomic E-state index is -0.272. The third-order valence-electron chi connectivity index (χ3n) is 5.00. The number of anilines is 1. The second kappa shape index (κ2) is 8.61. The number of amides is 2. The van der Waals surface area contributed by atoms with E-state index in [4.69, 9.17) is 4.74 Å². The van der Waals surface area contributed by atoms with E-state index < -0.39 is 0 Å². The zero-order valence-corrected chi connectivity index (χ0v) is 16.0. The average molecular weight is 386 g/mol. The molecule has 0 aromatic heterocycles. The topological polar surface area (TPSA) is 58.6 Å². The van der Waals surface area contributed by atoms with Crippen LogP contribution >= 0.6 is 0 Å². The van der Waals surface area contributed by atoms with Crippen LogP contribution in [-0.2, 0) is 17.8 Å². The van der Waals surface area contributed by atoms with Crippen molar-refractivity contribution in [3.63, 3.8) is 0 Å². The molecule has 29 heavy (non-hydrogen) atoms. The van der Waals surface area contributed by atoms with Gasteiger partial charge in [-0.1, -0.05) is 54.6 Å². The maximum Gasteiger partial charge on any atom is 0.260 e. The number of rotatable bonds is 5. The lowest BCUT2D eigenvalue weighted by molar-refractivity contribution is -0.134. The fraction of sp³-hybridized carbons (Fsp3) is 0.167. The molecule has 0 radical (unpaired) electrons. The van der Waals surface area contributed by atoms with Crippen molar-refractivity contribution in [1.29, 1.82) is 0 Å². The largest absolute Gasteiger partial charge is 0.483 e. The van der Waals surface area contributed by atoms with Gasteiger partial charge < -0.3 is 15.0 Å². The molecule has 0 saturated carbocycles. The molecule has 5 heteroatoms. The molecule has 0 unspecified atom stereocenters. The average Bonchev–Trinajstić information content (AvgIpc) is 2.78. The number of nitrogens with one attached hydrogen (secondary N) is 1. The molecule has 3 aromatic carbocycles. The van der Waals surface area contributed by atoms with Crippen molar-refractivity contribution in [2.45, 2.75) is 13.0 Å². The van der Waals surface area contributed by atoms with Crippen LogP contribution in [0.1, 0.15) is 21.5 Å². The van der Waals surface area contributed by atoms with E-state index in [0.29, 0.717) is 30.1 Å². The Bertz CT molecular complexity index is 1020. The molecule has 0 saturated heterocycles. The van der Waals surface area contributed by atoms with Crippen LogP contribution in [0.15, 0.2) is 78.9 Å². The smallest absolute Gasteiger partial charge is 0.260 e. The normalized spacial score (nSPS) is 12.8. The van der Waals surface area contributed by atoms with Gasteiger partial charge in [0.1, 0.15) is 5.75 Å². The number of ether oxygens (including phenoxy) is 1. The highest BCUT2D eigenvalue weighted by atomic mass is 16.5. The molecule has 3 aromatic rings. The van der Waals surface area contributed by atoms with Gasteiger partial charge in [-0.2, -0.15) is 0 Å². The standard InChI is InChI=1S/C24H22N2O3/c27-23(26-15-14-18-8-4-5-9-19(18)16-26)17-29-22-13-7-6-12-21(22)24(28)25-20-10-2-1-3-11-20/h1-13H,14-17H2,(H,25,28). The van der Waals surface area contributed by atoms with Gasteiger partial charge in [-0.25, -0.2) is 0 Å². The number of carbonyl (C=O) groups is 2. The van der Waals surface area contributed by atoms with E-state index >= 15 is 0 Å². The summed E-state index contributed by atoms with van der Waals surface area (Å²) in [6.07, 6.45) is 0.845. The summed E-state index contributed by atoms with van der Waals surface area (Å²) < 4.78 is 5.75. The lowest BCUT2D eigenvalue weighted by Crippen LogP contribution is -2.38. The van der Waals surface area contributed by atoms with E-state index in [9.17, 15) is 9.59 Å². The van der Waals surface area contributed by atoms with E-state index in [1.54, 1.807) is 29.2 Å². The summed E-state index contributed by atoms with van der Waals surface area (Å²) in [4.78, 5) is 27.1. The minimum Gasteiger partial charge on any atom is -0.483 e. The van der Waals surface area contributed by atoms with Crippen molar-refractivity contribution >= 4 is 17.5 Å². The summed E-state index contributed by atoms with van der Waals surface area (Å²) in [7, 11) is 0. The molecule has 146 valence electrons. The summed E-state index contributed by atoms with van der Waals surface area (Å²) >= 11 is 0. The number of carbonyl (C=O) groups excluding carboxylic acids is 2. The van der Waals surface area contributed by atoms with E-state index in [1.165, 1.54) is 11.1 Å². The molecule has 1 heterocycles. The van der Waals surface area contributed by atoms with Crippen molar-refractivity contribution in [1.82, 2.24) is 4.90 Å². The Kier molecular flexibility index (Phi) is 5.56. The van der Waals surface area contributed by atoms with Crippen molar-refractivity contribution in [2.75, 3.05) is 18.5 Å². The van der Waals surface area contributed by atoms with Crippen LogP contribution in [0.2, 0.25) is 0 Å². The van der Waals surface area contributed by atoms with Gasteiger partial charge >= 0.3 is 0 Å². The zero-order valence-electron chi connectivity index (χ0n) is 16.0. The maximum atomic E-state index is 12.7. The predicted molar refractivity (Wildman–Crippen MR) is 112 cm³/mol. The third-order valence-corrected chi connectivity index (χ3v) is 5.00. The third kappa shape index (κ3) is 4.46. The zero-order chi connectivity index (χ0) is 20.1. The summed E-state index contributed by atoms with van der Waals surface area (Å²) in [5, 5.41) is 2.85. The highest BCUT2D eigenvalue weighted by Crippen LogP contribution is 2.21. The van der Waals surface area contributed by atoms with E-state index in [2.05, 4.69) is 17.4 Å². The Labute approximate surface area is 169 Å². The SMILES string of the molecule is O=C(Nc1ccccc1)c1ccccc1OCC(=O)N1CCc2ccccc2C1. The Morgan fingerprint density at radius 1 is 0.862 bits per heavy atom. The maximum absolute atomic E-state index is 12.7. The number of para-hydroxylation sites is 2. The molecular formula is C24H22N2O3. The molecule has 0 spiro atoms. The molecule has 1 N–H and O–H groups in total. The molecular weight excluding hydrogens is 364 g/mol. The number of benzene rings is 3. The van der Waals surface area contributed by atoms with Gasteiger partial charge in [0.15, 0.2) is 6.61 Å². The van der Waals surface area contributed by atoms with Crippen molar-refractivity contribution in [3.05, 3.63) is 95.6 Å². The first-order valence-corrected chi connectivity index (χ1v) is 9.63. The fourth-order valence-electron chi connectivity index (χ4n) is 3.44. The van der Waals surface area contributed by atoms with Gasteiger partial charge in [-0.05, 0) is 41.8 Å². The van der Waals surface area contributed by atoms with E-state index in [-0.39, 0.29) is 18.4 Å². The van der Waals surface area contributed by atoms with Gasteiger partial charge in [0.2, 0.25) is 0 Å². The van der Waals surface area contributed by atoms with Crippen LogP contribution in [0.25, 0.3) is 0 Å². The summed E-state index contributed by atoms with van der Waals surface area (Å²) in [5.41, 5.74) is 3.57. The van der Waals surface area contributed by atoms with Crippen LogP contribution in [0, 0.1) is 0 Å². The fourth-order valence-corrected chi connectivity index (χ4v) is 3.44. The van der Waals surface area contributed by atoms with Crippen molar-refractivity contribution < 1.29 is 14.3 Å². The van der Waals surface area contributed by atoms with Crippen LogP contribution < -0.4 is 10.1 Å². The van der Waals surface area contributed by atoms with Gasteiger partial charge in [0.25, 0.3) is 11.8 Å². The molecule has 1 aliphatic rings. The first-order valence-electron chi connectivity index (χ1n) is 9.63. The molecule has 0 atom stereocenters. The minimum absolute atomic E-state index is 0.0854. The highest BCUT2D eigenvalue weighted by Gasteiger charge is 2.21. The molecule has 1 aliphatic heterocycles. The first kappa shape index (κ1) is 18.7. The van der Waals surface area contributed by atoms with E-state index in [1.807, 2.05) is 42.5 Å². The second-order valence-electron chi connectivity index (χ2n) is 6.94. The molecule has 5 nitrogen and oxygen atoms in total. The monoisotopic (exact) mass is 386 g/mol. The Balaban J connectivity index is 1.40. The lowest BCUT2D eigenvalue weighted by Gasteiger charge is -2.28. The van der Waals surface area contributed by atoms with Crippen LogP contribution in [0.5, 0.6) is 5.75 Å². The second-order valence-corrected chi connectivity index (χ2v) is 6.94. The van der Waals surface area contributed by atoms with Crippen molar-refractivity contribution in [2.24, 2.45) is 0 Å². The molecule has 4 rings (SSSR count). The quantitative estimate of drug-likeness (QED) is 0.723. The summed E-state index contributed by atoms with van der Waals surface area (Å²) in [6, 6.07) is 24.4. The highest BCUT2D eigenvalue weighted by molar-refractivity contribution is 6.06. The molecule has 0 aliphatic carbocycles. The molecule has 0 bridgehead atoms. The van der Waals surface area contributed by atoms with Crippen LogP contribution in [0.4, 0.5) is 5.69 Å². The van der Waals surface area contributed by atoms with Gasteiger partial charge in [-0.3, -0.25) is 9.59 Å². The first-order chi connectivity index (χ1) is 14.2. The molecule has 2 amide bonds.